The maximum atomic E-state index is 6.21. The fourth-order valence-electron chi connectivity index (χ4n) is 2.55. The number of rotatable bonds is 8. The first-order valence-corrected chi connectivity index (χ1v) is 10.6. The summed E-state index contributed by atoms with van der Waals surface area (Å²) in [5, 5.41) is 11.2. The first-order chi connectivity index (χ1) is 13.5. The molecule has 1 heterocycles. The lowest BCUT2D eigenvalue weighted by molar-refractivity contribution is 0.210. The Morgan fingerprint density at radius 1 is 1.11 bits per heavy atom. The minimum Gasteiger partial charge on any atom is -0.481 e. The third kappa shape index (κ3) is 5.23. The van der Waals surface area contributed by atoms with Crippen molar-refractivity contribution in [3.8, 4) is 5.75 Å². The minimum absolute atomic E-state index is 0.351. The molecule has 1 atom stereocenters. The summed E-state index contributed by atoms with van der Waals surface area (Å²) >= 11 is 19.7. The van der Waals surface area contributed by atoms with Gasteiger partial charge >= 0.3 is 0 Å². The lowest BCUT2D eigenvalue weighted by Gasteiger charge is -2.16. The van der Waals surface area contributed by atoms with Crippen LogP contribution in [0.25, 0.3) is 0 Å². The highest BCUT2D eigenvalue weighted by Gasteiger charge is 2.20. The monoisotopic (exact) mass is 453 g/mol. The van der Waals surface area contributed by atoms with Crippen molar-refractivity contribution in [3.05, 3.63) is 81.6 Å². The van der Waals surface area contributed by atoms with Crippen molar-refractivity contribution >= 4 is 46.6 Å². The van der Waals surface area contributed by atoms with E-state index < -0.39 is 0 Å². The molecular formula is C20H18Cl3N3OS. The molecule has 0 N–H and O–H groups in total. The second-order valence-corrected chi connectivity index (χ2v) is 8.21. The molecular weight excluding hydrogens is 437 g/mol. The lowest BCUT2D eigenvalue weighted by atomic mass is 10.2. The smallest absolute Gasteiger partial charge is 0.191 e. The first-order valence-electron chi connectivity index (χ1n) is 8.51. The molecule has 0 saturated carbocycles. The van der Waals surface area contributed by atoms with Crippen LogP contribution < -0.4 is 4.74 Å². The van der Waals surface area contributed by atoms with E-state index in [1.54, 1.807) is 36.0 Å². The van der Waals surface area contributed by atoms with E-state index in [-0.39, 0.29) is 6.10 Å². The molecule has 0 aliphatic rings. The van der Waals surface area contributed by atoms with Crippen LogP contribution >= 0.6 is 46.6 Å². The van der Waals surface area contributed by atoms with E-state index in [1.165, 1.54) is 0 Å². The number of hydrogen-bond donors (Lipinski definition) is 0. The minimum atomic E-state index is -0.351. The van der Waals surface area contributed by atoms with E-state index in [4.69, 9.17) is 39.5 Å². The van der Waals surface area contributed by atoms with Crippen molar-refractivity contribution in [3.63, 3.8) is 0 Å². The van der Waals surface area contributed by atoms with Gasteiger partial charge in [0.2, 0.25) is 0 Å². The molecule has 1 unspecified atom stereocenters. The Balaban J connectivity index is 1.77. The lowest BCUT2D eigenvalue weighted by Crippen LogP contribution is -2.12. The van der Waals surface area contributed by atoms with Gasteiger partial charge in [-0.15, -0.1) is 16.8 Å². The van der Waals surface area contributed by atoms with E-state index in [0.717, 1.165) is 21.5 Å². The van der Waals surface area contributed by atoms with Crippen molar-refractivity contribution < 1.29 is 4.74 Å². The van der Waals surface area contributed by atoms with Gasteiger partial charge in [-0.1, -0.05) is 64.8 Å². The largest absolute Gasteiger partial charge is 0.481 e. The summed E-state index contributed by atoms with van der Waals surface area (Å²) in [5.41, 5.74) is 1.15. The van der Waals surface area contributed by atoms with Gasteiger partial charge in [0.1, 0.15) is 5.75 Å². The third-order valence-electron chi connectivity index (χ3n) is 3.90. The number of benzene rings is 2. The molecule has 0 amide bonds. The van der Waals surface area contributed by atoms with Gasteiger partial charge < -0.3 is 4.74 Å². The quantitative estimate of drug-likeness (QED) is 0.275. The van der Waals surface area contributed by atoms with Gasteiger partial charge in [-0.2, -0.15) is 0 Å². The van der Waals surface area contributed by atoms with E-state index in [2.05, 4.69) is 16.8 Å². The van der Waals surface area contributed by atoms with Crippen LogP contribution in [0.5, 0.6) is 5.75 Å². The van der Waals surface area contributed by atoms with Crippen molar-refractivity contribution in [2.24, 2.45) is 0 Å². The maximum Gasteiger partial charge on any atom is 0.191 e. The highest BCUT2D eigenvalue weighted by Crippen LogP contribution is 2.32. The van der Waals surface area contributed by atoms with Gasteiger partial charge in [-0.3, -0.25) is 4.57 Å². The van der Waals surface area contributed by atoms with Gasteiger partial charge in [0.15, 0.2) is 17.1 Å². The van der Waals surface area contributed by atoms with Gasteiger partial charge in [0.05, 0.1) is 5.02 Å². The molecule has 0 bridgehead atoms. The van der Waals surface area contributed by atoms with E-state index in [0.29, 0.717) is 28.2 Å². The van der Waals surface area contributed by atoms with E-state index in [9.17, 15) is 0 Å². The van der Waals surface area contributed by atoms with Crippen molar-refractivity contribution in [2.75, 3.05) is 0 Å². The Morgan fingerprint density at radius 2 is 1.82 bits per heavy atom. The fourth-order valence-corrected chi connectivity index (χ4v) is 4.04. The van der Waals surface area contributed by atoms with Gasteiger partial charge in [-0.25, -0.2) is 0 Å². The summed E-state index contributed by atoms with van der Waals surface area (Å²) in [5.74, 6) is 2.00. The van der Waals surface area contributed by atoms with E-state index >= 15 is 0 Å². The summed E-state index contributed by atoms with van der Waals surface area (Å²) in [6, 6.07) is 12.9. The van der Waals surface area contributed by atoms with Crippen molar-refractivity contribution in [1.29, 1.82) is 0 Å². The SMILES string of the molecule is C=CCn1c(SCc2ccc(Cl)cc2)nnc1C(C)Oc1ccc(Cl)cc1Cl. The zero-order valence-corrected chi connectivity index (χ0v) is 18.2. The molecule has 0 radical (unpaired) electrons. The average Bonchev–Trinajstić information content (AvgIpc) is 3.07. The van der Waals surface area contributed by atoms with Crippen LogP contribution in [0, 0.1) is 0 Å². The highest BCUT2D eigenvalue weighted by molar-refractivity contribution is 7.98. The predicted molar refractivity (Wildman–Crippen MR) is 117 cm³/mol. The maximum absolute atomic E-state index is 6.21. The molecule has 8 heteroatoms. The van der Waals surface area contributed by atoms with Gasteiger partial charge in [0, 0.05) is 22.3 Å². The van der Waals surface area contributed by atoms with Crippen LogP contribution in [-0.4, -0.2) is 14.8 Å². The molecule has 0 aliphatic heterocycles. The summed E-state index contributed by atoms with van der Waals surface area (Å²) in [6.45, 7) is 6.32. The molecule has 0 fully saturated rings. The Morgan fingerprint density at radius 3 is 2.50 bits per heavy atom. The van der Waals surface area contributed by atoms with Gasteiger partial charge in [0.25, 0.3) is 0 Å². The van der Waals surface area contributed by atoms with Crippen LogP contribution in [-0.2, 0) is 12.3 Å². The summed E-state index contributed by atoms with van der Waals surface area (Å²) < 4.78 is 7.98. The van der Waals surface area contributed by atoms with Crippen molar-refractivity contribution in [1.82, 2.24) is 14.8 Å². The number of ether oxygens (including phenoxy) is 1. The fraction of sp³-hybridized carbons (Fsp3) is 0.200. The molecule has 1 aromatic heterocycles. The predicted octanol–water partition coefficient (Wildman–Crippen LogP) is 6.86. The van der Waals surface area contributed by atoms with Crippen LogP contribution in [0.15, 0.2) is 60.3 Å². The first kappa shape index (κ1) is 21.1. The second-order valence-electron chi connectivity index (χ2n) is 5.99. The molecule has 146 valence electrons. The summed E-state index contributed by atoms with van der Waals surface area (Å²) in [4.78, 5) is 0. The number of thioether (sulfide) groups is 1. The molecule has 3 rings (SSSR count). The zero-order chi connectivity index (χ0) is 20.1. The molecule has 0 spiro atoms. The van der Waals surface area contributed by atoms with Crippen LogP contribution in [0.3, 0.4) is 0 Å². The molecule has 3 aromatic rings. The molecule has 0 saturated heterocycles. The van der Waals surface area contributed by atoms with Crippen LogP contribution in [0.4, 0.5) is 0 Å². The Hall–Kier alpha value is -1.66. The zero-order valence-electron chi connectivity index (χ0n) is 15.1. The molecule has 2 aromatic carbocycles. The number of allylic oxidation sites excluding steroid dienone is 1. The van der Waals surface area contributed by atoms with Gasteiger partial charge in [-0.05, 0) is 42.8 Å². The second kappa shape index (κ2) is 9.70. The summed E-state index contributed by atoms with van der Waals surface area (Å²) in [7, 11) is 0. The standard InChI is InChI=1S/C20H18Cl3N3OS/c1-3-10-26-19(13(2)27-18-9-8-16(22)11-17(18)23)24-25-20(26)28-12-14-4-6-15(21)7-5-14/h3-9,11,13H,1,10,12H2,2H3. The van der Waals surface area contributed by atoms with E-state index in [1.807, 2.05) is 35.8 Å². The average molecular weight is 455 g/mol. The Kier molecular flexibility index (Phi) is 7.30. The Bertz CT molecular complexity index is 960. The summed E-state index contributed by atoms with van der Waals surface area (Å²) in [6.07, 6.45) is 1.46. The van der Waals surface area contributed by atoms with Crippen LogP contribution in [0.1, 0.15) is 24.4 Å². The number of hydrogen-bond acceptors (Lipinski definition) is 4. The normalized spacial score (nSPS) is 12.0. The number of nitrogens with zero attached hydrogens (tertiary/aromatic N) is 3. The number of halogens is 3. The third-order valence-corrected chi connectivity index (χ3v) is 5.72. The van der Waals surface area contributed by atoms with Crippen molar-refractivity contribution in [2.45, 2.75) is 30.5 Å². The highest BCUT2D eigenvalue weighted by atomic mass is 35.5. The van der Waals surface area contributed by atoms with Crippen LogP contribution in [0.2, 0.25) is 15.1 Å². The Labute approximate surface area is 183 Å². The molecule has 0 aliphatic carbocycles. The molecule has 4 nitrogen and oxygen atoms in total. The number of aromatic nitrogens is 3. The topological polar surface area (TPSA) is 39.9 Å². The molecule has 28 heavy (non-hydrogen) atoms.